The molecule has 0 saturated heterocycles. The summed E-state index contributed by atoms with van der Waals surface area (Å²) in [5, 5.41) is 3.42. The molecule has 1 aliphatic rings. The number of unbranched alkanes of at least 4 members (excludes halogenated alkanes) is 1. The Morgan fingerprint density at radius 2 is 1.38 bits per heavy atom. The summed E-state index contributed by atoms with van der Waals surface area (Å²) in [7, 11) is 0. The van der Waals surface area contributed by atoms with Crippen LogP contribution in [-0.4, -0.2) is 11.8 Å². The number of benzene rings is 3. The number of hydrogen-bond acceptors (Lipinski definition) is 4. The third-order valence-electron chi connectivity index (χ3n) is 5.69. The van der Waals surface area contributed by atoms with Crippen LogP contribution in [0.15, 0.2) is 66.7 Å². The zero-order chi connectivity index (χ0) is 24.0. The lowest BCUT2D eigenvalue weighted by Gasteiger charge is -2.31. The first-order valence-corrected chi connectivity index (χ1v) is 11.9. The van der Waals surface area contributed by atoms with Crippen LogP contribution in [-0.2, 0) is 24.2 Å². The lowest BCUT2D eigenvalue weighted by molar-refractivity contribution is -0.127. The van der Waals surface area contributed by atoms with Crippen molar-refractivity contribution in [1.82, 2.24) is 5.32 Å². The van der Waals surface area contributed by atoms with E-state index >= 15 is 0 Å². The predicted octanol–water partition coefficient (Wildman–Crippen LogP) is 6.00. The van der Waals surface area contributed by atoms with Crippen LogP contribution in [0.1, 0.15) is 71.8 Å². The zero-order valence-electron chi connectivity index (χ0n) is 20.1. The largest absolute Gasteiger partial charge is 0.452 e. The summed E-state index contributed by atoms with van der Waals surface area (Å²) in [6.07, 6.45) is 3.57. The molecule has 0 unspecified atom stereocenters. The van der Waals surface area contributed by atoms with Crippen molar-refractivity contribution in [3.63, 3.8) is 0 Å². The van der Waals surface area contributed by atoms with Crippen molar-refractivity contribution in [3.8, 4) is 17.6 Å². The van der Waals surface area contributed by atoms with Crippen molar-refractivity contribution < 1.29 is 14.3 Å². The SMILES string of the molecule is CCCCc1ccc(C#Cc2ccc(CNCc3ccc4c(c3)C(=O)OC(C)(C)O4)cc2)cc1. The summed E-state index contributed by atoms with van der Waals surface area (Å²) in [6, 6.07) is 22.5. The Bertz CT molecular complexity index is 1200. The maximum Gasteiger partial charge on any atom is 0.345 e. The molecule has 0 atom stereocenters. The molecule has 3 aromatic rings. The number of rotatable bonds is 7. The van der Waals surface area contributed by atoms with E-state index in [1.54, 1.807) is 13.8 Å². The standard InChI is InChI=1S/C30H31NO3/c1-4-5-6-22-7-9-23(10-8-22)11-12-24-13-15-25(16-14-24)20-31-21-26-17-18-28-27(19-26)29(32)34-30(2,3)33-28/h7-10,13-19,31H,4-6,20-21H2,1-3H3. The van der Waals surface area contributed by atoms with Gasteiger partial charge in [0.1, 0.15) is 11.3 Å². The van der Waals surface area contributed by atoms with Crippen molar-refractivity contribution in [2.45, 2.75) is 58.9 Å². The molecule has 0 spiro atoms. The second-order valence-corrected chi connectivity index (χ2v) is 9.07. The fourth-order valence-electron chi connectivity index (χ4n) is 3.84. The number of aryl methyl sites for hydroxylation is 1. The minimum atomic E-state index is -0.931. The fourth-order valence-corrected chi connectivity index (χ4v) is 3.84. The van der Waals surface area contributed by atoms with E-state index in [0.29, 0.717) is 17.9 Å². The lowest BCUT2D eigenvalue weighted by atomic mass is 10.1. The highest BCUT2D eigenvalue weighted by Gasteiger charge is 2.33. The van der Waals surface area contributed by atoms with Crippen LogP contribution in [0.25, 0.3) is 0 Å². The van der Waals surface area contributed by atoms with Gasteiger partial charge in [0, 0.05) is 38.1 Å². The van der Waals surface area contributed by atoms with E-state index in [4.69, 9.17) is 9.47 Å². The van der Waals surface area contributed by atoms with Gasteiger partial charge in [-0.3, -0.25) is 0 Å². The molecule has 0 amide bonds. The molecule has 0 radical (unpaired) electrons. The Balaban J connectivity index is 1.29. The number of ether oxygens (including phenoxy) is 2. The topological polar surface area (TPSA) is 47.6 Å². The number of cyclic esters (lactones) is 1. The van der Waals surface area contributed by atoms with E-state index in [9.17, 15) is 4.79 Å². The number of nitrogens with one attached hydrogen (secondary N) is 1. The summed E-state index contributed by atoms with van der Waals surface area (Å²) in [4.78, 5) is 12.2. The molecule has 0 aliphatic carbocycles. The molecule has 4 nitrogen and oxygen atoms in total. The molecular formula is C30H31NO3. The Kier molecular flexibility index (Phi) is 7.35. The van der Waals surface area contributed by atoms with E-state index in [1.165, 1.54) is 24.0 Å². The van der Waals surface area contributed by atoms with Crippen LogP contribution in [0.3, 0.4) is 0 Å². The van der Waals surface area contributed by atoms with Crippen molar-refractivity contribution in [1.29, 1.82) is 0 Å². The fraction of sp³-hybridized carbons (Fsp3) is 0.300. The number of hydrogen-bond donors (Lipinski definition) is 1. The van der Waals surface area contributed by atoms with Gasteiger partial charge in [-0.1, -0.05) is 55.5 Å². The summed E-state index contributed by atoms with van der Waals surface area (Å²) < 4.78 is 11.0. The average Bonchev–Trinajstić information content (AvgIpc) is 2.82. The van der Waals surface area contributed by atoms with Crippen molar-refractivity contribution in [3.05, 3.63) is 100 Å². The van der Waals surface area contributed by atoms with Gasteiger partial charge in [0.2, 0.25) is 5.79 Å². The van der Waals surface area contributed by atoms with E-state index in [2.05, 4.69) is 60.5 Å². The van der Waals surface area contributed by atoms with Gasteiger partial charge in [-0.15, -0.1) is 0 Å². The molecule has 1 heterocycles. The third-order valence-corrected chi connectivity index (χ3v) is 5.69. The van der Waals surface area contributed by atoms with Gasteiger partial charge in [-0.05, 0) is 65.9 Å². The Labute approximate surface area is 202 Å². The average molecular weight is 454 g/mol. The minimum Gasteiger partial charge on any atom is -0.452 e. The Hall–Kier alpha value is -3.55. The highest BCUT2D eigenvalue weighted by Crippen LogP contribution is 2.31. The molecule has 174 valence electrons. The first kappa shape index (κ1) is 23.6. The van der Waals surface area contributed by atoms with Crippen molar-refractivity contribution in [2.24, 2.45) is 0 Å². The van der Waals surface area contributed by atoms with Gasteiger partial charge in [0.05, 0.1) is 0 Å². The molecule has 4 heteroatoms. The van der Waals surface area contributed by atoms with Crippen LogP contribution in [0.5, 0.6) is 5.75 Å². The number of carbonyl (C=O) groups excluding carboxylic acids is 1. The van der Waals surface area contributed by atoms with Gasteiger partial charge in [0.15, 0.2) is 0 Å². The molecule has 0 bridgehead atoms. The molecule has 4 rings (SSSR count). The van der Waals surface area contributed by atoms with Crippen LogP contribution in [0.4, 0.5) is 0 Å². The van der Waals surface area contributed by atoms with Gasteiger partial charge < -0.3 is 14.8 Å². The maximum absolute atomic E-state index is 12.2. The molecule has 0 aromatic heterocycles. The summed E-state index contributed by atoms with van der Waals surface area (Å²) in [6.45, 7) is 7.03. The highest BCUT2D eigenvalue weighted by molar-refractivity contribution is 5.93. The normalized spacial score (nSPS) is 13.8. The molecule has 1 aliphatic heterocycles. The van der Waals surface area contributed by atoms with Crippen molar-refractivity contribution in [2.75, 3.05) is 0 Å². The van der Waals surface area contributed by atoms with Crippen LogP contribution < -0.4 is 10.1 Å². The predicted molar refractivity (Wildman–Crippen MR) is 135 cm³/mol. The van der Waals surface area contributed by atoms with Crippen LogP contribution in [0, 0.1) is 11.8 Å². The molecule has 0 saturated carbocycles. The van der Waals surface area contributed by atoms with Gasteiger partial charge in [0.25, 0.3) is 0 Å². The number of carbonyl (C=O) groups is 1. The third kappa shape index (κ3) is 6.27. The minimum absolute atomic E-state index is 0.350. The summed E-state index contributed by atoms with van der Waals surface area (Å²) >= 11 is 0. The highest BCUT2D eigenvalue weighted by atomic mass is 16.7. The van der Waals surface area contributed by atoms with Gasteiger partial charge >= 0.3 is 5.97 Å². The zero-order valence-corrected chi connectivity index (χ0v) is 20.1. The Morgan fingerprint density at radius 1 is 0.794 bits per heavy atom. The first-order valence-electron chi connectivity index (χ1n) is 11.9. The number of fused-ring (bicyclic) bond motifs is 1. The lowest BCUT2D eigenvalue weighted by Crippen LogP contribution is -2.38. The second kappa shape index (κ2) is 10.6. The van der Waals surface area contributed by atoms with E-state index in [1.807, 2.05) is 30.3 Å². The quantitative estimate of drug-likeness (QED) is 0.352. The van der Waals surface area contributed by atoms with E-state index in [0.717, 1.165) is 29.7 Å². The molecule has 34 heavy (non-hydrogen) atoms. The van der Waals surface area contributed by atoms with Crippen molar-refractivity contribution >= 4 is 5.97 Å². The van der Waals surface area contributed by atoms with Crippen LogP contribution >= 0.6 is 0 Å². The molecule has 1 N–H and O–H groups in total. The van der Waals surface area contributed by atoms with E-state index < -0.39 is 5.79 Å². The van der Waals surface area contributed by atoms with Gasteiger partial charge in [-0.25, -0.2) is 4.79 Å². The summed E-state index contributed by atoms with van der Waals surface area (Å²) in [5.74, 6) is 5.78. The van der Waals surface area contributed by atoms with Gasteiger partial charge in [-0.2, -0.15) is 0 Å². The maximum atomic E-state index is 12.2. The Morgan fingerprint density at radius 3 is 2.03 bits per heavy atom. The smallest absolute Gasteiger partial charge is 0.345 e. The molecular weight excluding hydrogens is 422 g/mol. The molecule has 0 fully saturated rings. The molecule has 3 aromatic carbocycles. The van der Waals surface area contributed by atoms with Crippen LogP contribution in [0.2, 0.25) is 0 Å². The monoisotopic (exact) mass is 453 g/mol. The van der Waals surface area contributed by atoms with E-state index in [-0.39, 0.29) is 5.97 Å². The summed E-state index contributed by atoms with van der Waals surface area (Å²) in [5.41, 5.74) is 6.05. The number of esters is 1. The second-order valence-electron chi connectivity index (χ2n) is 9.07. The first-order chi connectivity index (χ1) is 16.4.